The number of amides is 2. The molecule has 0 saturated carbocycles. The van der Waals surface area contributed by atoms with Crippen molar-refractivity contribution in [1.82, 2.24) is 10.2 Å². The van der Waals surface area contributed by atoms with Crippen molar-refractivity contribution in [3.05, 3.63) is 94.5 Å². The predicted octanol–water partition coefficient (Wildman–Crippen LogP) is 5.53. The molecule has 0 bridgehead atoms. The first kappa shape index (κ1) is 30.4. The minimum atomic E-state index is -4.09. The Morgan fingerprint density at radius 2 is 1.64 bits per heavy atom. The molecule has 2 amide bonds. The summed E-state index contributed by atoms with van der Waals surface area (Å²) in [5.74, 6) is -0.481. The standard InChI is InChI=1S/C30H36BrN3O4S/c1-5-28(30(36)32-19-22(2)3)33(20-24-12-9-11-23(4)17-24)29(35)21-34(26-14-10-13-25(31)18-26)39(37,38)27-15-7-6-8-16-27/h6-18,22,28H,5,19-21H2,1-4H3,(H,32,36). The highest BCUT2D eigenvalue weighted by atomic mass is 79.9. The first-order valence-electron chi connectivity index (χ1n) is 13.0. The zero-order valence-electron chi connectivity index (χ0n) is 22.8. The van der Waals surface area contributed by atoms with Crippen molar-refractivity contribution >= 4 is 43.5 Å². The molecule has 3 rings (SSSR count). The number of benzene rings is 3. The zero-order valence-corrected chi connectivity index (χ0v) is 25.2. The normalized spacial score (nSPS) is 12.2. The largest absolute Gasteiger partial charge is 0.354 e. The number of sulfonamides is 1. The van der Waals surface area contributed by atoms with Gasteiger partial charge in [0.2, 0.25) is 11.8 Å². The van der Waals surface area contributed by atoms with Crippen LogP contribution in [0.5, 0.6) is 0 Å². The average molecular weight is 615 g/mol. The van der Waals surface area contributed by atoms with E-state index in [1.54, 1.807) is 42.5 Å². The number of anilines is 1. The second kappa shape index (κ2) is 13.8. The van der Waals surface area contributed by atoms with E-state index in [1.807, 2.05) is 52.0 Å². The SMILES string of the molecule is CCC(C(=O)NCC(C)C)N(Cc1cccc(C)c1)C(=O)CN(c1cccc(Br)c1)S(=O)(=O)c1ccccc1. The topological polar surface area (TPSA) is 86.8 Å². The summed E-state index contributed by atoms with van der Waals surface area (Å²) in [6.45, 7) is 8.00. The van der Waals surface area contributed by atoms with Gasteiger partial charge in [0.1, 0.15) is 12.6 Å². The van der Waals surface area contributed by atoms with Gasteiger partial charge >= 0.3 is 0 Å². The van der Waals surface area contributed by atoms with Crippen LogP contribution in [0, 0.1) is 12.8 Å². The van der Waals surface area contributed by atoms with Crippen molar-refractivity contribution in [2.45, 2.75) is 51.6 Å². The van der Waals surface area contributed by atoms with Crippen LogP contribution in [-0.4, -0.2) is 44.3 Å². The molecule has 3 aromatic rings. The maximum atomic E-state index is 14.1. The third-order valence-electron chi connectivity index (χ3n) is 6.21. The van der Waals surface area contributed by atoms with Gasteiger partial charge in [0.25, 0.3) is 10.0 Å². The average Bonchev–Trinajstić information content (AvgIpc) is 2.90. The van der Waals surface area contributed by atoms with E-state index in [1.165, 1.54) is 17.0 Å². The Labute approximate surface area is 240 Å². The first-order chi connectivity index (χ1) is 18.5. The van der Waals surface area contributed by atoms with E-state index in [4.69, 9.17) is 0 Å². The van der Waals surface area contributed by atoms with Crippen molar-refractivity contribution < 1.29 is 18.0 Å². The van der Waals surface area contributed by atoms with E-state index >= 15 is 0 Å². The number of carbonyl (C=O) groups is 2. The van der Waals surface area contributed by atoms with Crippen molar-refractivity contribution in [1.29, 1.82) is 0 Å². The summed E-state index contributed by atoms with van der Waals surface area (Å²) in [6, 6.07) is 21.8. The summed E-state index contributed by atoms with van der Waals surface area (Å²) in [7, 11) is -4.09. The van der Waals surface area contributed by atoms with Gasteiger partial charge < -0.3 is 10.2 Å². The van der Waals surface area contributed by atoms with Gasteiger partial charge in [-0.1, -0.05) is 90.8 Å². The van der Waals surface area contributed by atoms with Crippen molar-refractivity contribution in [2.24, 2.45) is 5.92 Å². The monoisotopic (exact) mass is 613 g/mol. The molecular weight excluding hydrogens is 578 g/mol. The highest BCUT2D eigenvalue weighted by molar-refractivity contribution is 9.10. The molecule has 0 aliphatic rings. The number of aryl methyl sites for hydroxylation is 1. The lowest BCUT2D eigenvalue weighted by atomic mass is 10.1. The number of carbonyl (C=O) groups excluding carboxylic acids is 2. The summed E-state index contributed by atoms with van der Waals surface area (Å²) in [5.41, 5.74) is 2.23. The van der Waals surface area contributed by atoms with Crippen molar-refractivity contribution in [3.63, 3.8) is 0 Å². The molecular formula is C30H36BrN3O4S. The van der Waals surface area contributed by atoms with Gasteiger partial charge in [0.05, 0.1) is 10.6 Å². The fraction of sp³-hybridized carbons (Fsp3) is 0.333. The van der Waals surface area contributed by atoms with Crippen LogP contribution >= 0.6 is 15.9 Å². The van der Waals surface area contributed by atoms with E-state index in [-0.39, 0.29) is 23.3 Å². The third kappa shape index (κ3) is 8.16. The molecule has 208 valence electrons. The van der Waals surface area contributed by atoms with Crippen molar-refractivity contribution in [2.75, 3.05) is 17.4 Å². The van der Waals surface area contributed by atoms with Crippen LogP contribution in [0.15, 0.2) is 88.2 Å². The molecule has 0 aromatic heterocycles. The molecule has 0 aliphatic carbocycles. The minimum absolute atomic E-state index is 0.0738. The quantitative estimate of drug-likeness (QED) is 0.291. The van der Waals surface area contributed by atoms with E-state index in [9.17, 15) is 18.0 Å². The van der Waals surface area contributed by atoms with Gasteiger partial charge in [-0.3, -0.25) is 13.9 Å². The van der Waals surface area contributed by atoms with Gasteiger partial charge in [-0.2, -0.15) is 0 Å². The fourth-order valence-electron chi connectivity index (χ4n) is 4.23. The lowest BCUT2D eigenvalue weighted by Crippen LogP contribution is -2.52. The predicted molar refractivity (Wildman–Crippen MR) is 159 cm³/mol. The molecule has 1 N–H and O–H groups in total. The van der Waals surface area contributed by atoms with Gasteiger partial charge in [0, 0.05) is 17.6 Å². The molecule has 1 atom stereocenters. The molecule has 7 nitrogen and oxygen atoms in total. The maximum absolute atomic E-state index is 14.1. The molecule has 3 aromatic carbocycles. The second-order valence-corrected chi connectivity index (χ2v) is 12.7. The number of rotatable bonds is 12. The highest BCUT2D eigenvalue weighted by Crippen LogP contribution is 2.27. The van der Waals surface area contributed by atoms with E-state index in [0.717, 1.165) is 15.4 Å². The zero-order chi connectivity index (χ0) is 28.6. The van der Waals surface area contributed by atoms with Crippen LogP contribution in [0.3, 0.4) is 0 Å². The van der Waals surface area contributed by atoms with Gasteiger partial charge in [-0.25, -0.2) is 8.42 Å². The summed E-state index contributed by atoms with van der Waals surface area (Å²) >= 11 is 3.41. The second-order valence-electron chi connectivity index (χ2n) is 9.88. The highest BCUT2D eigenvalue weighted by Gasteiger charge is 2.33. The molecule has 0 saturated heterocycles. The number of nitrogens with one attached hydrogen (secondary N) is 1. The van der Waals surface area contributed by atoms with Crippen molar-refractivity contribution in [3.8, 4) is 0 Å². The Morgan fingerprint density at radius 3 is 2.26 bits per heavy atom. The molecule has 9 heteroatoms. The number of hydrogen-bond donors (Lipinski definition) is 1. The third-order valence-corrected chi connectivity index (χ3v) is 8.49. The molecule has 39 heavy (non-hydrogen) atoms. The number of hydrogen-bond acceptors (Lipinski definition) is 4. The Morgan fingerprint density at radius 1 is 0.949 bits per heavy atom. The van der Waals surface area contributed by atoms with Gasteiger partial charge in [-0.15, -0.1) is 0 Å². The molecule has 0 heterocycles. The molecule has 0 radical (unpaired) electrons. The van der Waals surface area contributed by atoms with E-state index < -0.39 is 28.5 Å². The molecule has 0 fully saturated rings. The Bertz CT molecular complexity index is 1380. The first-order valence-corrected chi connectivity index (χ1v) is 15.2. The lowest BCUT2D eigenvalue weighted by Gasteiger charge is -2.33. The maximum Gasteiger partial charge on any atom is 0.264 e. The van der Waals surface area contributed by atoms with Gasteiger partial charge in [-0.05, 0) is 55.2 Å². The Hall–Kier alpha value is -3.17. The smallest absolute Gasteiger partial charge is 0.264 e. The van der Waals surface area contributed by atoms with Crippen LogP contribution in [0.25, 0.3) is 0 Å². The van der Waals surface area contributed by atoms with E-state index in [2.05, 4.69) is 21.2 Å². The van der Waals surface area contributed by atoms with Crippen LogP contribution in [0.2, 0.25) is 0 Å². The van der Waals surface area contributed by atoms with Crippen LogP contribution in [0.1, 0.15) is 38.3 Å². The van der Waals surface area contributed by atoms with Crippen LogP contribution in [0.4, 0.5) is 5.69 Å². The lowest BCUT2D eigenvalue weighted by molar-refractivity contribution is -0.140. The summed E-state index contributed by atoms with van der Waals surface area (Å²) in [5, 5.41) is 2.94. The Balaban J connectivity index is 2.04. The molecule has 1 unspecified atom stereocenters. The molecule has 0 spiro atoms. The van der Waals surface area contributed by atoms with Gasteiger partial charge in [0.15, 0.2) is 0 Å². The van der Waals surface area contributed by atoms with Crippen LogP contribution in [-0.2, 0) is 26.2 Å². The Kier molecular flexibility index (Phi) is 10.7. The van der Waals surface area contributed by atoms with E-state index in [0.29, 0.717) is 23.1 Å². The molecule has 0 aliphatic heterocycles. The minimum Gasteiger partial charge on any atom is -0.354 e. The summed E-state index contributed by atoms with van der Waals surface area (Å²) in [6.07, 6.45) is 0.379. The number of halogens is 1. The fourth-order valence-corrected chi connectivity index (χ4v) is 6.04. The summed E-state index contributed by atoms with van der Waals surface area (Å²) in [4.78, 5) is 28.9. The number of nitrogens with zero attached hydrogens (tertiary/aromatic N) is 2. The van der Waals surface area contributed by atoms with Crippen LogP contribution < -0.4 is 9.62 Å². The summed E-state index contributed by atoms with van der Waals surface area (Å²) < 4.78 is 29.4.